The molecule has 0 aliphatic carbocycles. The highest BCUT2D eigenvalue weighted by Gasteiger charge is 2.46. The average Bonchev–Trinajstić information content (AvgIpc) is 2.90. The van der Waals surface area contributed by atoms with Gasteiger partial charge in [0.1, 0.15) is 0 Å². The van der Waals surface area contributed by atoms with Gasteiger partial charge in [-0.2, -0.15) is 0 Å². The number of sulfone groups is 1. The number of β-amino-alcohol motifs (C(OH)–C–C–N with tert-alkyl or cyclic N) is 1. The lowest BCUT2D eigenvalue weighted by molar-refractivity contribution is -0.133. The second-order valence-corrected chi connectivity index (χ2v) is 9.97. The average molecular weight is 374 g/mol. The van der Waals surface area contributed by atoms with E-state index in [2.05, 4.69) is 16.7 Å². The van der Waals surface area contributed by atoms with Crippen molar-refractivity contribution in [3.63, 3.8) is 0 Å². The quantitative estimate of drug-likeness (QED) is 0.694. The lowest BCUT2D eigenvalue weighted by Crippen LogP contribution is -2.59. The third-order valence-corrected chi connectivity index (χ3v) is 7.74. The number of piperidine rings is 1. The Kier molecular flexibility index (Phi) is 6.03. The van der Waals surface area contributed by atoms with Crippen molar-refractivity contribution in [3.8, 4) is 0 Å². The van der Waals surface area contributed by atoms with Crippen LogP contribution in [0.4, 0.5) is 0 Å². The summed E-state index contributed by atoms with van der Waals surface area (Å²) in [6.07, 6.45) is 2.63. The maximum Gasteiger partial charge on any atom is 0.223 e. The Morgan fingerprint density at radius 2 is 1.56 bits per heavy atom. The van der Waals surface area contributed by atoms with E-state index in [4.69, 9.17) is 0 Å². The summed E-state index contributed by atoms with van der Waals surface area (Å²) in [5.74, 6) is 1.25. The molecule has 2 atom stereocenters. The predicted octanol–water partition coefficient (Wildman–Crippen LogP) is -0.589. The number of piperazine rings is 1. The molecule has 0 bridgehead atoms. The number of aliphatic hydroxyl groups is 1. The molecular weight excluding hydrogens is 342 g/mol. The minimum Gasteiger partial charge on any atom is -0.395 e. The van der Waals surface area contributed by atoms with Gasteiger partial charge in [-0.05, 0) is 18.8 Å². The SMILES string of the molecule is CC1CCN(C(=O)CCN2CCN(CCO)[C@@H]3CS(=O)(=O)C[C@@H]32)CC1. The maximum absolute atomic E-state index is 12.5. The first kappa shape index (κ1) is 19.1. The van der Waals surface area contributed by atoms with Gasteiger partial charge >= 0.3 is 0 Å². The summed E-state index contributed by atoms with van der Waals surface area (Å²) < 4.78 is 24.2. The highest BCUT2D eigenvalue weighted by Crippen LogP contribution is 2.27. The van der Waals surface area contributed by atoms with Crippen LogP contribution in [0.1, 0.15) is 26.2 Å². The molecule has 3 aliphatic heterocycles. The molecule has 0 aromatic heterocycles. The zero-order chi connectivity index (χ0) is 18.0. The molecule has 0 unspecified atom stereocenters. The molecule has 0 aromatic rings. The molecule has 7 nitrogen and oxygen atoms in total. The fourth-order valence-corrected chi connectivity index (χ4v) is 6.48. The van der Waals surface area contributed by atoms with Crippen molar-refractivity contribution in [1.29, 1.82) is 0 Å². The zero-order valence-electron chi connectivity index (χ0n) is 15.1. The molecule has 8 heteroatoms. The van der Waals surface area contributed by atoms with Crippen LogP contribution in [-0.4, -0.2) is 104 Å². The Balaban J connectivity index is 1.56. The molecule has 144 valence electrons. The van der Waals surface area contributed by atoms with E-state index in [1.54, 1.807) is 0 Å². The van der Waals surface area contributed by atoms with E-state index in [1.165, 1.54) is 0 Å². The molecule has 3 saturated heterocycles. The van der Waals surface area contributed by atoms with Gasteiger partial charge in [0.05, 0.1) is 18.1 Å². The zero-order valence-corrected chi connectivity index (χ0v) is 16.0. The lowest BCUT2D eigenvalue weighted by atomic mass is 9.99. The normalized spacial score (nSPS) is 31.2. The van der Waals surface area contributed by atoms with Gasteiger partial charge in [-0.25, -0.2) is 8.42 Å². The van der Waals surface area contributed by atoms with E-state index in [-0.39, 0.29) is 36.1 Å². The summed E-state index contributed by atoms with van der Waals surface area (Å²) in [5, 5.41) is 9.22. The van der Waals surface area contributed by atoms with Gasteiger partial charge in [0.25, 0.3) is 0 Å². The maximum atomic E-state index is 12.5. The van der Waals surface area contributed by atoms with Crippen LogP contribution in [0.3, 0.4) is 0 Å². The Hall–Kier alpha value is -0.700. The van der Waals surface area contributed by atoms with E-state index >= 15 is 0 Å². The lowest BCUT2D eigenvalue weighted by Gasteiger charge is -2.44. The summed E-state index contributed by atoms with van der Waals surface area (Å²) in [7, 11) is -3.04. The Morgan fingerprint density at radius 1 is 1.00 bits per heavy atom. The third-order valence-electron chi connectivity index (χ3n) is 6.04. The van der Waals surface area contributed by atoms with Crippen LogP contribution in [0.15, 0.2) is 0 Å². The van der Waals surface area contributed by atoms with Crippen molar-refractivity contribution in [1.82, 2.24) is 14.7 Å². The van der Waals surface area contributed by atoms with Gasteiger partial charge in [0.15, 0.2) is 9.84 Å². The summed E-state index contributed by atoms with van der Waals surface area (Å²) >= 11 is 0. The molecule has 3 rings (SSSR count). The van der Waals surface area contributed by atoms with E-state index in [1.807, 2.05) is 4.90 Å². The molecular formula is C17H31N3O4S. The fraction of sp³-hybridized carbons (Fsp3) is 0.941. The standard InChI is InChI=1S/C17H31N3O4S/c1-14-2-5-20(6-3-14)17(22)4-7-18-8-9-19(10-11-21)16-13-25(23,24)12-15(16)18/h14-16,21H,2-13H2,1H3/t15-,16+/m0/s1. The molecule has 0 spiro atoms. The van der Waals surface area contributed by atoms with E-state index in [0.29, 0.717) is 25.4 Å². The number of carbonyl (C=O) groups is 1. The van der Waals surface area contributed by atoms with Crippen LogP contribution in [0.25, 0.3) is 0 Å². The minimum absolute atomic E-state index is 0.0421. The third kappa shape index (κ3) is 4.53. The Labute approximate surface area is 150 Å². The van der Waals surface area contributed by atoms with Gasteiger partial charge in [0.2, 0.25) is 5.91 Å². The second kappa shape index (κ2) is 7.90. The van der Waals surface area contributed by atoms with Crippen molar-refractivity contribution in [2.75, 3.05) is 57.4 Å². The van der Waals surface area contributed by atoms with Crippen LogP contribution in [-0.2, 0) is 14.6 Å². The van der Waals surface area contributed by atoms with Crippen molar-refractivity contribution in [2.45, 2.75) is 38.3 Å². The van der Waals surface area contributed by atoms with Crippen molar-refractivity contribution >= 4 is 15.7 Å². The Bertz CT molecular complexity index is 574. The number of carbonyl (C=O) groups excluding carboxylic acids is 1. The molecule has 0 aromatic carbocycles. The molecule has 0 saturated carbocycles. The molecule has 0 radical (unpaired) electrons. The van der Waals surface area contributed by atoms with Gasteiger partial charge in [-0.3, -0.25) is 14.6 Å². The largest absolute Gasteiger partial charge is 0.395 e. The minimum atomic E-state index is -3.04. The number of rotatable bonds is 5. The van der Waals surface area contributed by atoms with Crippen LogP contribution in [0.2, 0.25) is 0 Å². The van der Waals surface area contributed by atoms with Crippen LogP contribution >= 0.6 is 0 Å². The van der Waals surface area contributed by atoms with E-state index < -0.39 is 9.84 Å². The highest BCUT2D eigenvalue weighted by atomic mass is 32.2. The summed E-state index contributed by atoms with van der Waals surface area (Å²) in [5.41, 5.74) is 0. The van der Waals surface area contributed by atoms with Gasteiger partial charge in [-0.15, -0.1) is 0 Å². The topological polar surface area (TPSA) is 81.2 Å². The fourth-order valence-electron chi connectivity index (χ4n) is 4.44. The van der Waals surface area contributed by atoms with Crippen LogP contribution < -0.4 is 0 Å². The molecule has 3 aliphatic rings. The molecule has 25 heavy (non-hydrogen) atoms. The summed E-state index contributed by atoms with van der Waals surface area (Å²) in [6.45, 7) is 6.66. The van der Waals surface area contributed by atoms with Crippen LogP contribution in [0.5, 0.6) is 0 Å². The molecule has 3 fully saturated rings. The first-order valence-corrected chi connectivity index (χ1v) is 11.3. The monoisotopic (exact) mass is 373 g/mol. The van der Waals surface area contributed by atoms with Crippen molar-refractivity contribution in [3.05, 3.63) is 0 Å². The molecule has 1 amide bonds. The second-order valence-electron chi connectivity index (χ2n) is 7.82. The number of hydrogen-bond acceptors (Lipinski definition) is 6. The molecule has 3 heterocycles. The van der Waals surface area contributed by atoms with Crippen molar-refractivity contribution < 1.29 is 18.3 Å². The summed E-state index contributed by atoms with van der Waals surface area (Å²) in [6, 6.07) is -0.0867. The number of nitrogens with zero attached hydrogens (tertiary/aromatic N) is 3. The van der Waals surface area contributed by atoms with Gasteiger partial charge in [0, 0.05) is 57.8 Å². The number of hydrogen-bond donors (Lipinski definition) is 1. The number of aliphatic hydroxyl groups excluding tert-OH is 1. The predicted molar refractivity (Wildman–Crippen MR) is 96.1 cm³/mol. The Morgan fingerprint density at radius 3 is 2.12 bits per heavy atom. The van der Waals surface area contributed by atoms with E-state index in [9.17, 15) is 18.3 Å². The van der Waals surface area contributed by atoms with Crippen molar-refractivity contribution in [2.24, 2.45) is 5.92 Å². The number of fused-ring (bicyclic) bond motifs is 1. The first-order valence-electron chi connectivity index (χ1n) is 9.47. The van der Waals surface area contributed by atoms with Gasteiger partial charge in [-0.1, -0.05) is 6.92 Å². The highest BCUT2D eigenvalue weighted by molar-refractivity contribution is 7.91. The van der Waals surface area contributed by atoms with Crippen LogP contribution in [0, 0.1) is 5.92 Å². The van der Waals surface area contributed by atoms with E-state index in [0.717, 1.165) is 39.0 Å². The number of likely N-dealkylation sites (tertiary alicyclic amines) is 1. The van der Waals surface area contributed by atoms with Gasteiger partial charge < -0.3 is 10.0 Å². The number of amides is 1. The smallest absolute Gasteiger partial charge is 0.223 e. The first-order chi connectivity index (χ1) is 11.9. The summed E-state index contributed by atoms with van der Waals surface area (Å²) in [4.78, 5) is 18.7. The molecule has 1 N–H and O–H groups in total.